The van der Waals surface area contributed by atoms with Crippen molar-refractivity contribution in [3.8, 4) is 0 Å². The van der Waals surface area contributed by atoms with Gasteiger partial charge in [-0.15, -0.1) is 0 Å². The molecule has 8 nitrogen and oxygen atoms in total. The zero-order valence-corrected chi connectivity index (χ0v) is 18.2. The van der Waals surface area contributed by atoms with E-state index < -0.39 is 11.5 Å². The predicted octanol–water partition coefficient (Wildman–Crippen LogP) is 1.73. The highest BCUT2D eigenvalue weighted by molar-refractivity contribution is 5.94. The summed E-state index contributed by atoms with van der Waals surface area (Å²) in [6, 6.07) is -0.149. The fourth-order valence-electron chi connectivity index (χ4n) is 5.37. The molecular weight excluding hydrogens is 384 g/mol. The molecule has 1 aromatic heterocycles. The summed E-state index contributed by atoms with van der Waals surface area (Å²) in [6.07, 6.45) is 6.42. The monoisotopic (exact) mass is 416 g/mol. The van der Waals surface area contributed by atoms with Crippen LogP contribution in [0.2, 0.25) is 0 Å². The quantitative estimate of drug-likeness (QED) is 0.807. The van der Waals surface area contributed by atoms with Gasteiger partial charge in [0.05, 0.1) is 17.5 Å². The van der Waals surface area contributed by atoms with Gasteiger partial charge in [0.1, 0.15) is 11.8 Å². The maximum atomic E-state index is 13.1. The number of nitrogens with one attached hydrogen (secondary N) is 1. The van der Waals surface area contributed by atoms with E-state index in [4.69, 9.17) is 4.52 Å². The van der Waals surface area contributed by atoms with Gasteiger partial charge < -0.3 is 19.6 Å². The van der Waals surface area contributed by atoms with E-state index in [1.165, 1.54) is 0 Å². The van der Waals surface area contributed by atoms with Crippen LogP contribution in [0.3, 0.4) is 0 Å². The summed E-state index contributed by atoms with van der Waals surface area (Å²) in [5, 5.41) is 7.06. The highest BCUT2D eigenvalue weighted by Gasteiger charge is 2.53. The zero-order valence-electron chi connectivity index (χ0n) is 18.2. The topological polar surface area (TPSA) is 95.8 Å². The lowest BCUT2D eigenvalue weighted by molar-refractivity contribution is -0.142. The van der Waals surface area contributed by atoms with Crippen molar-refractivity contribution < 1.29 is 18.9 Å². The fourth-order valence-corrected chi connectivity index (χ4v) is 5.37. The summed E-state index contributed by atoms with van der Waals surface area (Å²) in [5.74, 6) is 0.741. The maximum absolute atomic E-state index is 13.1. The van der Waals surface area contributed by atoms with Crippen LogP contribution in [0.1, 0.15) is 62.0 Å². The van der Waals surface area contributed by atoms with E-state index in [2.05, 4.69) is 10.5 Å². The van der Waals surface area contributed by atoms with Crippen LogP contribution in [0, 0.1) is 19.3 Å². The number of hydrogen-bond donors (Lipinski definition) is 1. The average Bonchev–Trinajstić information content (AvgIpc) is 3.41. The van der Waals surface area contributed by atoms with Crippen LogP contribution in [-0.2, 0) is 20.8 Å². The first-order valence-corrected chi connectivity index (χ1v) is 11.1. The Morgan fingerprint density at radius 2 is 1.87 bits per heavy atom. The zero-order chi connectivity index (χ0) is 21.5. The number of aromatic nitrogens is 1. The third-order valence-corrected chi connectivity index (χ3v) is 7.41. The SMILES string of the molecule is Cc1noc(C)c1CC(=O)N1CCC2(CC1)CC(C(=O)NC1CCCC1)N(C)C2=O. The molecule has 1 N–H and O–H groups in total. The minimum atomic E-state index is -0.522. The van der Waals surface area contributed by atoms with Crippen LogP contribution in [0.25, 0.3) is 0 Å². The first-order valence-electron chi connectivity index (χ1n) is 11.1. The first kappa shape index (κ1) is 20.9. The number of rotatable bonds is 4. The number of likely N-dealkylation sites (tertiary alicyclic amines) is 2. The number of carbonyl (C=O) groups is 3. The minimum absolute atomic E-state index is 0.0217. The molecule has 1 unspecified atom stereocenters. The molecule has 1 aliphatic carbocycles. The van der Waals surface area contributed by atoms with Gasteiger partial charge in [-0.2, -0.15) is 0 Å². The lowest BCUT2D eigenvalue weighted by Crippen LogP contribution is -2.47. The summed E-state index contributed by atoms with van der Waals surface area (Å²) in [5.41, 5.74) is 1.07. The van der Waals surface area contributed by atoms with Crippen LogP contribution in [0.15, 0.2) is 4.52 Å². The Balaban J connectivity index is 1.36. The molecule has 3 amide bonds. The summed E-state index contributed by atoms with van der Waals surface area (Å²) in [7, 11) is 1.74. The van der Waals surface area contributed by atoms with Crippen molar-refractivity contribution in [3.05, 3.63) is 17.0 Å². The smallest absolute Gasteiger partial charge is 0.243 e. The molecule has 164 valence electrons. The Kier molecular flexibility index (Phi) is 5.59. The molecule has 3 aliphatic rings. The van der Waals surface area contributed by atoms with Gasteiger partial charge in [-0.25, -0.2) is 0 Å². The Bertz CT molecular complexity index is 815. The Morgan fingerprint density at radius 3 is 2.47 bits per heavy atom. The molecule has 2 saturated heterocycles. The molecule has 0 radical (unpaired) electrons. The lowest BCUT2D eigenvalue weighted by atomic mass is 9.75. The molecule has 1 atom stereocenters. The van der Waals surface area contributed by atoms with E-state index in [0.29, 0.717) is 38.1 Å². The predicted molar refractivity (Wildman–Crippen MR) is 110 cm³/mol. The number of nitrogens with zero attached hydrogens (tertiary/aromatic N) is 3. The van der Waals surface area contributed by atoms with Gasteiger partial charge in [-0.05, 0) is 46.0 Å². The van der Waals surface area contributed by atoms with Gasteiger partial charge in [0.2, 0.25) is 17.7 Å². The average molecular weight is 417 g/mol. The highest BCUT2D eigenvalue weighted by atomic mass is 16.5. The molecule has 3 fully saturated rings. The second-order valence-corrected chi connectivity index (χ2v) is 9.27. The van der Waals surface area contributed by atoms with E-state index in [-0.39, 0.29) is 30.2 Å². The molecule has 0 bridgehead atoms. The Morgan fingerprint density at radius 1 is 1.20 bits per heavy atom. The van der Waals surface area contributed by atoms with Crippen LogP contribution >= 0.6 is 0 Å². The van der Waals surface area contributed by atoms with Crippen LogP contribution < -0.4 is 5.32 Å². The van der Waals surface area contributed by atoms with E-state index in [1.807, 2.05) is 18.7 Å². The van der Waals surface area contributed by atoms with Crippen molar-refractivity contribution in [2.45, 2.75) is 77.3 Å². The molecule has 2 aliphatic heterocycles. The number of likely N-dealkylation sites (N-methyl/N-ethyl adjacent to an activating group) is 1. The van der Waals surface area contributed by atoms with E-state index in [1.54, 1.807) is 11.9 Å². The second kappa shape index (κ2) is 8.04. The largest absolute Gasteiger partial charge is 0.361 e. The number of amides is 3. The molecule has 8 heteroatoms. The Hall–Kier alpha value is -2.38. The third kappa shape index (κ3) is 3.72. The fraction of sp³-hybridized carbons (Fsp3) is 0.727. The van der Waals surface area contributed by atoms with Gasteiger partial charge >= 0.3 is 0 Å². The maximum Gasteiger partial charge on any atom is 0.243 e. The molecule has 3 heterocycles. The summed E-state index contributed by atoms with van der Waals surface area (Å²) in [4.78, 5) is 42.1. The number of piperidine rings is 1. The number of hydrogen-bond acceptors (Lipinski definition) is 5. The highest BCUT2D eigenvalue weighted by Crippen LogP contribution is 2.44. The van der Waals surface area contributed by atoms with Crippen LogP contribution in [0.4, 0.5) is 0 Å². The van der Waals surface area contributed by atoms with Gasteiger partial charge in [0.15, 0.2) is 0 Å². The van der Waals surface area contributed by atoms with Gasteiger partial charge in [-0.3, -0.25) is 14.4 Å². The molecule has 1 spiro atoms. The van der Waals surface area contributed by atoms with Crippen molar-refractivity contribution in [1.82, 2.24) is 20.3 Å². The summed E-state index contributed by atoms with van der Waals surface area (Å²) < 4.78 is 5.16. The van der Waals surface area contributed by atoms with Crippen LogP contribution in [-0.4, -0.2) is 64.9 Å². The number of carbonyl (C=O) groups excluding carboxylic acids is 3. The molecule has 1 aromatic rings. The molecule has 1 saturated carbocycles. The van der Waals surface area contributed by atoms with Gasteiger partial charge in [0.25, 0.3) is 0 Å². The van der Waals surface area contributed by atoms with Crippen molar-refractivity contribution >= 4 is 17.7 Å². The van der Waals surface area contributed by atoms with Gasteiger partial charge in [-0.1, -0.05) is 18.0 Å². The molecular formula is C22H32N4O4. The van der Waals surface area contributed by atoms with Crippen molar-refractivity contribution in [1.29, 1.82) is 0 Å². The van der Waals surface area contributed by atoms with Gasteiger partial charge in [0, 0.05) is 31.7 Å². The molecule has 30 heavy (non-hydrogen) atoms. The second-order valence-electron chi connectivity index (χ2n) is 9.27. The van der Waals surface area contributed by atoms with Crippen molar-refractivity contribution in [3.63, 3.8) is 0 Å². The third-order valence-electron chi connectivity index (χ3n) is 7.41. The standard InChI is InChI=1S/C22H32N4O4/c1-14-17(15(2)30-24-14)12-19(27)26-10-8-22(9-11-26)13-18(25(3)21(22)29)20(28)23-16-6-4-5-7-16/h16,18H,4-13H2,1-3H3,(H,23,28). The van der Waals surface area contributed by atoms with Crippen molar-refractivity contribution in [2.75, 3.05) is 20.1 Å². The van der Waals surface area contributed by atoms with E-state index in [9.17, 15) is 14.4 Å². The minimum Gasteiger partial charge on any atom is -0.361 e. The van der Waals surface area contributed by atoms with Crippen LogP contribution in [0.5, 0.6) is 0 Å². The van der Waals surface area contributed by atoms with E-state index in [0.717, 1.165) is 36.9 Å². The molecule has 0 aromatic carbocycles. The van der Waals surface area contributed by atoms with E-state index >= 15 is 0 Å². The molecule has 4 rings (SSSR count). The van der Waals surface area contributed by atoms with Crippen molar-refractivity contribution in [2.24, 2.45) is 5.41 Å². The summed E-state index contributed by atoms with van der Waals surface area (Å²) in [6.45, 7) is 4.74. The lowest BCUT2D eigenvalue weighted by Gasteiger charge is -2.37. The number of aryl methyl sites for hydroxylation is 2. The summed E-state index contributed by atoms with van der Waals surface area (Å²) >= 11 is 0. The Labute approximate surface area is 177 Å². The normalized spacial score (nSPS) is 24.1. The first-order chi connectivity index (χ1) is 14.3.